The number of unbranched alkanes of at least 4 members (excludes halogenated alkanes) is 7. The van der Waals surface area contributed by atoms with Crippen molar-refractivity contribution in [1.82, 2.24) is 0 Å². The van der Waals surface area contributed by atoms with Crippen molar-refractivity contribution in [2.75, 3.05) is 13.7 Å². The molecular formula is C20H30O4. The molecule has 0 saturated heterocycles. The second-order valence-corrected chi connectivity index (χ2v) is 5.91. The molecule has 0 aliphatic heterocycles. The van der Waals surface area contributed by atoms with E-state index < -0.39 is 0 Å². The van der Waals surface area contributed by atoms with Gasteiger partial charge in [0.15, 0.2) is 11.5 Å². The van der Waals surface area contributed by atoms with Crippen molar-refractivity contribution < 1.29 is 19.4 Å². The number of ether oxygens (including phenoxy) is 2. The topological polar surface area (TPSA) is 55.8 Å². The smallest absolute Gasteiger partial charge is 0.330 e. The van der Waals surface area contributed by atoms with Gasteiger partial charge in [-0.15, -0.1) is 0 Å². The fraction of sp³-hybridized carbons (Fsp3) is 0.550. The summed E-state index contributed by atoms with van der Waals surface area (Å²) in [6, 6.07) is 4.90. The van der Waals surface area contributed by atoms with E-state index in [2.05, 4.69) is 6.92 Å². The molecule has 0 saturated carbocycles. The van der Waals surface area contributed by atoms with E-state index in [0.29, 0.717) is 12.4 Å². The lowest BCUT2D eigenvalue weighted by Gasteiger charge is -2.04. The van der Waals surface area contributed by atoms with Gasteiger partial charge in [-0.25, -0.2) is 4.79 Å². The van der Waals surface area contributed by atoms with Gasteiger partial charge in [0.05, 0.1) is 13.7 Å². The molecular weight excluding hydrogens is 304 g/mol. The minimum atomic E-state index is -0.343. The summed E-state index contributed by atoms with van der Waals surface area (Å²) >= 11 is 0. The van der Waals surface area contributed by atoms with E-state index in [9.17, 15) is 9.90 Å². The van der Waals surface area contributed by atoms with E-state index in [-0.39, 0.29) is 11.7 Å². The van der Waals surface area contributed by atoms with Crippen LogP contribution < -0.4 is 4.74 Å². The first-order valence-corrected chi connectivity index (χ1v) is 8.89. The first kappa shape index (κ1) is 20.1. The van der Waals surface area contributed by atoms with Crippen LogP contribution in [0.3, 0.4) is 0 Å². The van der Waals surface area contributed by atoms with Crippen LogP contribution in [0.2, 0.25) is 0 Å². The van der Waals surface area contributed by atoms with E-state index >= 15 is 0 Å². The molecule has 1 aromatic carbocycles. The van der Waals surface area contributed by atoms with Gasteiger partial charge in [0.1, 0.15) is 0 Å². The van der Waals surface area contributed by atoms with Gasteiger partial charge in [-0.3, -0.25) is 0 Å². The monoisotopic (exact) mass is 334 g/mol. The first-order valence-electron chi connectivity index (χ1n) is 8.89. The number of benzene rings is 1. The van der Waals surface area contributed by atoms with Gasteiger partial charge in [0.25, 0.3) is 0 Å². The molecule has 0 spiro atoms. The Labute approximate surface area is 145 Å². The highest BCUT2D eigenvalue weighted by Gasteiger charge is 2.02. The summed E-state index contributed by atoms with van der Waals surface area (Å²) in [5, 5.41) is 9.52. The molecule has 1 N–H and O–H groups in total. The minimum Gasteiger partial charge on any atom is -0.504 e. The first-order chi connectivity index (χ1) is 11.7. The SMILES string of the molecule is CCCCCCCCCCOC(=O)C=Cc1ccc(O)c(OC)c1. The molecule has 0 bridgehead atoms. The van der Waals surface area contributed by atoms with Crippen molar-refractivity contribution >= 4 is 12.0 Å². The zero-order valence-electron chi connectivity index (χ0n) is 14.9. The van der Waals surface area contributed by atoms with Crippen LogP contribution in [0, 0.1) is 0 Å². The van der Waals surface area contributed by atoms with Crippen LogP contribution in [0.4, 0.5) is 0 Å². The van der Waals surface area contributed by atoms with Crippen molar-refractivity contribution in [2.24, 2.45) is 0 Å². The molecule has 0 heterocycles. The Bertz CT molecular complexity index is 508. The molecule has 4 nitrogen and oxygen atoms in total. The average molecular weight is 334 g/mol. The number of aromatic hydroxyl groups is 1. The Balaban J connectivity index is 2.15. The van der Waals surface area contributed by atoms with Gasteiger partial charge in [-0.05, 0) is 30.2 Å². The number of rotatable bonds is 12. The van der Waals surface area contributed by atoms with Crippen molar-refractivity contribution in [3.05, 3.63) is 29.8 Å². The molecule has 0 aromatic heterocycles. The summed E-state index contributed by atoms with van der Waals surface area (Å²) in [7, 11) is 1.49. The number of phenolic OH excluding ortho intramolecular Hbond substituents is 1. The van der Waals surface area contributed by atoms with Crippen molar-refractivity contribution in [3.8, 4) is 11.5 Å². The number of phenols is 1. The lowest BCUT2D eigenvalue weighted by Crippen LogP contribution is -2.02. The quantitative estimate of drug-likeness (QED) is 0.328. The number of hydrogen-bond donors (Lipinski definition) is 1. The number of esters is 1. The molecule has 0 radical (unpaired) electrons. The maximum atomic E-state index is 11.7. The van der Waals surface area contributed by atoms with Gasteiger partial charge in [0.2, 0.25) is 0 Å². The summed E-state index contributed by atoms with van der Waals surface area (Å²) < 4.78 is 10.2. The maximum absolute atomic E-state index is 11.7. The van der Waals surface area contributed by atoms with Crippen LogP contribution in [0.5, 0.6) is 11.5 Å². The highest BCUT2D eigenvalue weighted by molar-refractivity contribution is 5.87. The fourth-order valence-electron chi connectivity index (χ4n) is 2.42. The maximum Gasteiger partial charge on any atom is 0.330 e. The third kappa shape index (κ3) is 8.61. The van der Waals surface area contributed by atoms with Gasteiger partial charge in [0, 0.05) is 6.08 Å². The molecule has 0 aliphatic carbocycles. The standard InChI is InChI=1S/C20H30O4/c1-3-4-5-6-7-8-9-10-15-24-20(22)14-12-17-11-13-18(21)19(16-17)23-2/h11-14,16,21H,3-10,15H2,1-2H3. The van der Waals surface area contributed by atoms with Crippen LogP contribution in [-0.4, -0.2) is 24.8 Å². The molecule has 134 valence electrons. The Morgan fingerprint density at radius 1 is 1.08 bits per heavy atom. The predicted octanol–water partition coefficient (Wildman–Crippen LogP) is 5.10. The Morgan fingerprint density at radius 3 is 2.42 bits per heavy atom. The van der Waals surface area contributed by atoms with Crippen LogP contribution in [0.25, 0.3) is 6.08 Å². The lowest BCUT2D eigenvalue weighted by molar-refractivity contribution is -0.137. The minimum absolute atomic E-state index is 0.0759. The van der Waals surface area contributed by atoms with E-state index in [0.717, 1.165) is 18.4 Å². The Kier molecular flexibility index (Phi) is 10.4. The molecule has 4 heteroatoms. The second-order valence-electron chi connectivity index (χ2n) is 5.91. The van der Waals surface area contributed by atoms with Crippen LogP contribution in [0.1, 0.15) is 63.9 Å². The zero-order chi connectivity index (χ0) is 17.6. The molecule has 0 atom stereocenters. The molecule has 0 unspecified atom stereocenters. The van der Waals surface area contributed by atoms with Crippen molar-refractivity contribution in [1.29, 1.82) is 0 Å². The van der Waals surface area contributed by atoms with Crippen LogP contribution in [-0.2, 0) is 9.53 Å². The van der Waals surface area contributed by atoms with Crippen molar-refractivity contribution in [2.45, 2.75) is 58.3 Å². The predicted molar refractivity (Wildman–Crippen MR) is 97.3 cm³/mol. The molecule has 24 heavy (non-hydrogen) atoms. The largest absolute Gasteiger partial charge is 0.504 e. The molecule has 0 fully saturated rings. The molecule has 1 rings (SSSR count). The highest BCUT2D eigenvalue weighted by Crippen LogP contribution is 2.26. The van der Waals surface area contributed by atoms with E-state index in [4.69, 9.17) is 9.47 Å². The van der Waals surface area contributed by atoms with E-state index in [1.165, 1.54) is 57.8 Å². The molecule has 1 aromatic rings. The second kappa shape index (κ2) is 12.5. The zero-order valence-corrected chi connectivity index (χ0v) is 14.9. The van der Waals surface area contributed by atoms with E-state index in [1.54, 1.807) is 18.2 Å². The van der Waals surface area contributed by atoms with Gasteiger partial charge < -0.3 is 14.6 Å². The summed E-state index contributed by atoms with van der Waals surface area (Å²) in [4.78, 5) is 11.7. The van der Waals surface area contributed by atoms with Gasteiger partial charge >= 0.3 is 5.97 Å². The van der Waals surface area contributed by atoms with E-state index in [1.807, 2.05) is 0 Å². The summed E-state index contributed by atoms with van der Waals surface area (Å²) in [6.07, 6.45) is 12.8. The Hall–Kier alpha value is -1.97. The molecule has 0 aliphatic rings. The number of methoxy groups -OCH3 is 1. The number of hydrogen-bond acceptors (Lipinski definition) is 4. The normalized spacial score (nSPS) is 10.9. The highest BCUT2D eigenvalue weighted by atomic mass is 16.5. The Morgan fingerprint density at radius 2 is 1.75 bits per heavy atom. The van der Waals surface area contributed by atoms with Crippen LogP contribution >= 0.6 is 0 Å². The third-order valence-corrected chi connectivity index (χ3v) is 3.86. The third-order valence-electron chi connectivity index (χ3n) is 3.86. The summed E-state index contributed by atoms with van der Waals surface area (Å²) in [5.74, 6) is 0.112. The number of carbonyl (C=O) groups is 1. The lowest BCUT2D eigenvalue weighted by atomic mass is 10.1. The molecule has 0 amide bonds. The van der Waals surface area contributed by atoms with Crippen molar-refractivity contribution in [3.63, 3.8) is 0 Å². The fourth-order valence-corrected chi connectivity index (χ4v) is 2.42. The van der Waals surface area contributed by atoms with Gasteiger partial charge in [-0.2, -0.15) is 0 Å². The van der Waals surface area contributed by atoms with Gasteiger partial charge in [-0.1, -0.05) is 57.9 Å². The number of carbonyl (C=O) groups excluding carboxylic acids is 1. The van der Waals surface area contributed by atoms with Crippen LogP contribution in [0.15, 0.2) is 24.3 Å². The summed E-state index contributed by atoms with van der Waals surface area (Å²) in [5.41, 5.74) is 0.772. The summed E-state index contributed by atoms with van der Waals surface area (Å²) in [6.45, 7) is 2.69. The average Bonchev–Trinajstić information content (AvgIpc) is 2.59.